The van der Waals surface area contributed by atoms with E-state index in [1.54, 1.807) is 6.92 Å². The zero-order chi connectivity index (χ0) is 21.2. The van der Waals surface area contributed by atoms with E-state index in [4.69, 9.17) is 44.7 Å². The first-order valence-corrected chi connectivity index (χ1v) is 10.7. The van der Waals surface area contributed by atoms with Crippen LogP contribution in [0.25, 0.3) is 0 Å². The van der Waals surface area contributed by atoms with E-state index >= 15 is 0 Å². The van der Waals surface area contributed by atoms with E-state index in [1.807, 2.05) is 0 Å². The Morgan fingerprint density at radius 1 is 1.43 bits per heavy atom. The van der Waals surface area contributed by atoms with E-state index in [2.05, 4.69) is 26.4 Å². The van der Waals surface area contributed by atoms with Crippen molar-refractivity contribution in [1.82, 2.24) is 10.2 Å². The Kier molecular flexibility index (Phi) is 7.65. The van der Waals surface area contributed by atoms with Crippen molar-refractivity contribution < 1.29 is 29.1 Å². The monoisotopic (exact) mass is 535 g/mol. The number of thioether (sulfide) groups is 1. The second-order valence-electron chi connectivity index (χ2n) is 5.65. The van der Waals surface area contributed by atoms with E-state index < -0.39 is 51.1 Å². The number of hydrogen-bond donors (Lipinski definition) is 2. The fourth-order valence-corrected chi connectivity index (χ4v) is 4.18. The number of nitrogens with one attached hydrogen (secondary N) is 1. The van der Waals surface area contributed by atoms with Gasteiger partial charge in [0.25, 0.3) is 11.8 Å². The zero-order valence-electron chi connectivity index (χ0n) is 14.0. The second-order valence-corrected chi connectivity index (χ2v) is 10.2. The normalized spacial score (nSPS) is 24.7. The summed E-state index contributed by atoms with van der Waals surface area (Å²) in [6.45, 7) is 1.26. The molecule has 0 aromatic heterocycles. The van der Waals surface area contributed by atoms with Gasteiger partial charge in [-0.15, -0.1) is 11.8 Å². The Morgan fingerprint density at radius 3 is 2.61 bits per heavy atom. The summed E-state index contributed by atoms with van der Waals surface area (Å²) >= 11 is 20.7. The van der Waals surface area contributed by atoms with Crippen molar-refractivity contribution in [2.24, 2.45) is 5.16 Å². The number of esters is 1. The number of nitrogens with zero attached hydrogens (tertiary/aromatic N) is 2. The molecule has 0 aromatic rings. The maximum atomic E-state index is 12.3. The molecule has 0 aliphatic carbocycles. The fraction of sp³-hybridized carbons (Fsp3) is 0.500. The summed E-state index contributed by atoms with van der Waals surface area (Å²) < 4.78 is 3.17. The van der Waals surface area contributed by atoms with Crippen molar-refractivity contribution >= 4 is 91.8 Å². The molecule has 2 amide bonds. The molecule has 0 bridgehead atoms. The minimum absolute atomic E-state index is 0.195. The fourth-order valence-electron chi connectivity index (χ4n) is 2.39. The maximum absolute atomic E-state index is 12.3. The van der Waals surface area contributed by atoms with Crippen LogP contribution < -0.4 is 5.32 Å². The van der Waals surface area contributed by atoms with Gasteiger partial charge in [-0.25, -0.2) is 4.79 Å². The Morgan fingerprint density at radius 2 is 2.07 bits per heavy atom. The van der Waals surface area contributed by atoms with Crippen LogP contribution in [0, 0.1) is 0 Å². The molecule has 2 unspecified atom stereocenters. The topological polar surface area (TPSA) is 125 Å². The van der Waals surface area contributed by atoms with E-state index in [9.17, 15) is 19.2 Å². The summed E-state index contributed by atoms with van der Waals surface area (Å²) in [6, 6.07) is -0.949. The van der Waals surface area contributed by atoms with Crippen LogP contribution in [0.2, 0.25) is 0 Å². The predicted molar refractivity (Wildman–Crippen MR) is 107 cm³/mol. The first kappa shape index (κ1) is 23.3. The highest BCUT2D eigenvalue weighted by molar-refractivity contribution is 9.09. The lowest BCUT2D eigenvalue weighted by atomic mass is 10.1. The Labute approximate surface area is 186 Å². The largest absolute Gasteiger partial charge is 0.458 e. The van der Waals surface area contributed by atoms with Crippen LogP contribution >= 0.6 is 62.5 Å². The number of hydrogen-bond acceptors (Lipinski definition) is 8. The Balaban J connectivity index is 2.06. The van der Waals surface area contributed by atoms with Crippen LogP contribution in [0.1, 0.15) is 6.92 Å². The minimum atomic E-state index is -1.76. The number of carbonyl (C=O) groups is 4. The number of ether oxygens (including phenoxy) is 1. The molecule has 2 aliphatic heterocycles. The van der Waals surface area contributed by atoms with Gasteiger partial charge >= 0.3 is 5.97 Å². The Hall–Kier alpha value is -1.01. The van der Waals surface area contributed by atoms with Gasteiger partial charge in [0.05, 0.1) is 10.9 Å². The Bertz CT molecular complexity index is 772. The highest BCUT2D eigenvalue weighted by atomic mass is 79.9. The van der Waals surface area contributed by atoms with E-state index in [0.717, 1.165) is 0 Å². The summed E-state index contributed by atoms with van der Waals surface area (Å²) in [5.41, 5.74) is -0.524. The van der Waals surface area contributed by atoms with E-state index in [-0.39, 0.29) is 16.2 Å². The number of fused-ring (bicyclic) bond motifs is 1. The third kappa shape index (κ3) is 5.12. The highest BCUT2D eigenvalue weighted by Crippen LogP contribution is 2.40. The summed E-state index contributed by atoms with van der Waals surface area (Å²) in [5, 5.41) is 12.8. The molecule has 0 saturated carbocycles. The second kappa shape index (κ2) is 9.21. The van der Waals surface area contributed by atoms with Crippen molar-refractivity contribution in [3.8, 4) is 0 Å². The molecule has 2 N–H and O–H groups in total. The summed E-state index contributed by atoms with van der Waals surface area (Å²) in [5.74, 6) is -2.96. The molecule has 0 spiro atoms. The molecule has 14 heteroatoms. The molecule has 0 radical (unpaired) electrons. The SMILES string of the molecule is CC1S[C@@H]2C(NC(=O)C(=NO)C(=O)CBr)C(=O)N2C=C1C(=O)OCC(Cl)(Cl)Cl. The number of oxime groups is 1. The minimum Gasteiger partial charge on any atom is -0.458 e. The van der Waals surface area contributed by atoms with E-state index in [1.165, 1.54) is 22.9 Å². The van der Waals surface area contributed by atoms with Crippen LogP contribution in [0.4, 0.5) is 0 Å². The average Bonchev–Trinajstić information content (AvgIpc) is 2.63. The molecule has 1 saturated heterocycles. The predicted octanol–water partition coefficient (Wildman–Crippen LogP) is 1.37. The van der Waals surface area contributed by atoms with Crippen LogP contribution in [-0.4, -0.2) is 71.8 Å². The number of halogens is 4. The number of Topliss-reactive ketones (excluding diaryl/α,β-unsaturated/α-hetero) is 1. The lowest BCUT2D eigenvalue weighted by molar-refractivity contribution is -0.144. The van der Waals surface area contributed by atoms with Gasteiger partial charge in [0.2, 0.25) is 15.3 Å². The van der Waals surface area contributed by atoms with Crippen molar-refractivity contribution in [3.63, 3.8) is 0 Å². The summed E-state index contributed by atoms with van der Waals surface area (Å²) in [6.07, 6.45) is 1.32. The molecule has 3 atom stereocenters. The molecule has 28 heavy (non-hydrogen) atoms. The van der Waals surface area contributed by atoms with Gasteiger partial charge < -0.3 is 20.2 Å². The smallest absolute Gasteiger partial charge is 0.336 e. The number of ketones is 1. The number of carbonyl (C=O) groups excluding carboxylic acids is 4. The molecular formula is C14H13BrCl3N3O6S. The third-order valence-electron chi connectivity index (χ3n) is 3.73. The standard InChI is InChI=1S/C14H13BrCl3N3O6S/c1-5-6(13(25)27-4-14(16,17)18)3-21-11(24)9(12(21)28-5)19-10(23)8(20-26)7(22)2-15/h3,5,9,12,26H,2,4H2,1H3,(H,19,23)/t5?,9?,12-/m1/s1. The van der Waals surface area contributed by atoms with Gasteiger partial charge in [0, 0.05) is 11.4 Å². The van der Waals surface area contributed by atoms with E-state index in [0.29, 0.717) is 0 Å². The van der Waals surface area contributed by atoms with Crippen molar-refractivity contribution in [2.45, 2.75) is 27.4 Å². The number of β-lactam (4-membered cyclic amide) rings is 1. The zero-order valence-corrected chi connectivity index (χ0v) is 18.7. The first-order valence-electron chi connectivity index (χ1n) is 7.55. The summed E-state index contributed by atoms with van der Waals surface area (Å²) in [7, 11) is 0. The molecule has 2 rings (SSSR count). The van der Waals surface area contributed by atoms with Gasteiger partial charge in [-0.05, 0) is 6.92 Å². The lowest BCUT2D eigenvalue weighted by Gasteiger charge is -2.48. The van der Waals surface area contributed by atoms with Crippen molar-refractivity contribution in [3.05, 3.63) is 11.8 Å². The molecule has 9 nitrogen and oxygen atoms in total. The maximum Gasteiger partial charge on any atom is 0.336 e. The van der Waals surface area contributed by atoms with Gasteiger partial charge in [-0.3, -0.25) is 14.4 Å². The third-order valence-corrected chi connectivity index (χ3v) is 6.01. The van der Waals surface area contributed by atoms with Crippen molar-refractivity contribution in [2.75, 3.05) is 11.9 Å². The molecule has 154 valence electrons. The lowest BCUT2D eigenvalue weighted by Crippen LogP contribution is -2.69. The van der Waals surface area contributed by atoms with Crippen LogP contribution in [0.5, 0.6) is 0 Å². The van der Waals surface area contributed by atoms with Crippen LogP contribution in [0.3, 0.4) is 0 Å². The molecular weight excluding hydrogens is 524 g/mol. The first-order chi connectivity index (χ1) is 13.0. The van der Waals surface area contributed by atoms with Gasteiger partial charge in [0.1, 0.15) is 18.0 Å². The average molecular weight is 538 g/mol. The van der Waals surface area contributed by atoms with Gasteiger partial charge in [0.15, 0.2) is 0 Å². The summed E-state index contributed by atoms with van der Waals surface area (Å²) in [4.78, 5) is 49.4. The quantitative estimate of drug-likeness (QED) is 0.0997. The number of rotatable bonds is 6. The number of alkyl halides is 4. The van der Waals surface area contributed by atoms with Crippen LogP contribution in [-0.2, 0) is 23.9 Å². The molecule has 2 heterocycles. The number of amides is 2. The van der Waals surface area contributed by atoms with Crippen molar-refractivity contribution in [1.29, 1.82) is 0 Å². The van der Waals surface area contributed by atoms with Crippen LogP contribution in [0.15, 0.2) is 16.9 Å². The van der Waals surface area contributed by atoms with Gasteiger partial charge in [-0.1, -0.05) is 55.9 Å². The molecule has 2 aliphatic rings. The van der Waals surface area contributed by atoms with Gasteiger partial charge in [-0.2, -0.15) is 0 Å². The molecule has 0 aromatic carbocycles. The highest BCUT2D eigenvalue weighted by Gasteiger charge is 2.52. The molecule has 1 fully saturated rings.